The Morgan fingerprint density at radius 3 is 2.88 bits per heavy atom. The third kappa shape index (κ3) is 2.70. The highest BCUT2D eigenvalue weighted by Crippen LogP contribution is 2.19. The molecular weight excluding hydrogens is 227 g/mol. The van der Waals surface area contributed by atoms with E-state index in [0.29, 0.717) is 17.3 Å². The third-order valence-electron chi connectivity index (χ3n) is 2.14. The second-order valence-corrected chi connectivity index (χ2v) is 3.78. The molecule has 16 heavy (non-hydrogen) atoms. The summed E-state index contributed by atoms with van der Waals surface area (Å²) in [5, 5.41) is 3.38. The van der Waals surface area contributed by atoms with E-state index in [1.807, 2.05) is 12.1 Å². The normalized spacial score (nSPS) is 10.1. The maximum atomic E-state index is 13.4. The highest BCUT2D eigenvalue weighted by molar-refractivity contribution is 6.30. The molecule has 0 aliphatic carbocycles. The average molecular weight is 237 g/mol. The van der Waals surface area contributed by atoms with E-state index in [0.717, 1.165) is 5.56 Å². The molecule has 2 nitrogen and oxygen atoms in total. The molecule has 82 valence electrons. The minimum absolute atomic E-state index is 0.351. The monoisotopic (exact) mass is 236 g/mol. The number of nitrogens with one attached hydrogen (secondary N) is 1. The number of aromatic nitrogens is 1. The molecular formula is C12H10ClFN2. The molecule has 2 aromatic rings. The van der Waals surface area contributed by atoms with Crippen molar-refractivity contribution < 1.29 is 4.39 Å². The molecule has 0 unspecified atom stereocenters. The van der Waals surface area contributed by atoms with E-state index in [2.05, 4.69) is 10.3 Å². The number of anilines is 1. The molecule has 0 aliphatic rings. The van der Waals surface area contributed by atoms with Crippen molar-refractivity contribution in [1.29, 1.82) is 0 Å². The number of nitrogens with zero attached hydrogens (tertiary/aromatic N) is 1. The van der Waals surface area contributed by atoms with Crippen LogP contribution < -0.4 is 5.32 Å². The van der Waals surface area contributed by atoms with Gasteiger partial charge in [-0.3, -0.25) is 4.98 Å². The molecule has 1 N–H and O–H groups in total. The van der Waals surface area contributed by atoms with Crippen LogP contribution in [0, 0.1) is 5.82 Å². The number of hydrogen-bond acceptors (Lipinski definition) is 2. The highest BCUT2D eigenvalue weighted by atomic mass is 35.5. The van der Waals surface area contributed by atoms with Crippen LogP contribution in [0.1, 0.15) is 5.56 Å². The summed E-state index contributed by atoms with van der Waals surface area (Å²) in [5.74, 6) is -0.351. The Hall–Kier alpha value is -1.61. The van der Waals surface area contributed by atoms with E-state index in [1.54, 1.807) is 24.5 Å². The maximum absolute atomic E-state index is 13.4. The molecule has 0 atom stereocenters. The lowest BCUT2D eigenvalue weighted by atomic mass is 10.2. The molecule has 1 aromatic heterocycles. The molecule has 0 spiro atoms. The second-order valence-electron chi connectivity index (χ2n) is 3.34. The van der Waals surface area contributed by atoms with Crippen molar-refractivity contribution >= 4 is 17.3 Å². The minimum atomic E-state index is -0.351. The van der Waals surface area contributed by atoms with Crippen molar-refractivity contribution in [2.45, 2.75) is 6.54 Å². The quantitative estimate of drug-likeness (QED) is 0.883. The van der Waals surface area contributed by atoms with Crippen molar-refractivity contribution in [2.24, 2.45) is 0 Å². The van der Waals surface area contributed by atoms with Crippen molar-refractivity contribution in [3.8, 4) is 0 Å². The zero-order valence-electron chi connectivity index (χ0n) is 8.45. The number of pyridine rings is 1. The summed E-state index contributed by atoms with van der Waals surface area (Å²) in [6.45, 7) is 0.534. The van der Waals surface area contributed by atoms with Crippen LogP contribution >= 0.6 is 11.6 Å². The van der Waals surface area contributed by atoms with Gasteiger partial charge in [0, 0.05) is 24.0 Å². The lowest BCUT2D eigenvalue weighted by molar-refractivity contribution is 0.630. The maximum Gasteiger partial charge on any atom is 0.147 e. The third-order valence-corrected chi connectivity index (χ3v) is 2.37. The molecule has 1 heterocycles. The Balaban J connectivity index is 2.05. The van der Waals surface area contributed by atoms with Crippen LogP contribution in [-0.4, -0.2) is 4.98 Å². The van der Waals surface area contributed by atoms with Gasteiger partial charge in [0.2, 0.25) is 0 Å². The lowest BCUT2D eigenvalue weighted by Gasteiger charge is -2.07. The van der Waals surface area contributed by atoms with Gasteiger partial charge in [-0.2, -0.15) is 0 Å². The largest absolute Gasteiger partial charge is 0.379 e. The van der Waals surface area contributed by atoms with Crippen LogP contribution in [0.15, 0.2) is 42.7 Å². The van der Waals surface area contributed by atoms with E-state index in [-0.39, 0.29) is 5.82 Å². The molecule has 0 amide bonds. The van der Waals surface area contributed by atoms with Crippen molar-refractivity contribution in [2.75, 3.05) is 5.32 Å². The fraction of sp³-hybridized carbons (Fsp3) is 0.0833. The Morgan fingerprint density at radius 1 is 1.31 bits per heavy atom. The molecule has 0 saturated carbocycles. The summed E-state index contributed by atoms with van der Waals surface area (Å²) in [5.41, 5.74) is 1.44. The van der Waals surface area contributed by atoms with Gasteiger partial charge in [-0.15, -0.1) is 0 Å². The Labute approximate surface area is 98.1 Å². The molecule has 0 fully saturated rings. The summed E-state index contributed by atoms with van der Waals surface area (Å²) < 4.78 is 13.4. The Kier molecular flexibility index (Phi) is 3.37. The first-order valence-electron chi connectivity index (χ1n) is 4.83. The van der Waals surface area contributed by atoms with E-state index in [4.69, 9.17) is 11.6 Å². The summed E-state index contributed by atoms with van der Waals surface area (Å²) >= 11 is 5.66. The standard InChI is InChI=1S/C12H10ClFN2/c13-10-3-4-12(11(14)6-10)16-8-9-2-1-5-15-7-9/h1-7,16H,8H2. The van der Waals surface area contributed by atoms with Gasteiger partial charge < -0.3 is 5.32 Å². The van der Waals surface area contributed by atoms with Crippen LogP contribution in [0.2, 0.25) is 5.02 Å². The first-order valence-corrected chi connectivity index (χ1v) is 5.21. The first-order chi connectivity index (χ1) is 7.75. The highest BCUT2D eigenvalue weighted by Gasteiger charge is 2.02. The Bertz CT molecular complexity index is 474. The van der Waals surface area contributed by atoms with Crippen LogP contribution in [0.3, 0.4) is 0 Å². The van der Waals surface area contributed by atoms with Crippen molar-refractivity contribution in [3.05, 3.63) is 59.1 Å². The number of halogens is 2. The molecule has 0 aliphatic heterocycles. The average Bonchev–Trinajstić information content (AvgIpc) is 2.29. The SMILES string of the molecule is Fc1cc(Cl)ccc1NCc1cccnc1. The number of benzene rings is 1. The molecule has 2 rings (SSSR count). The number of rotatable bonds is 3. The van der Waals surface area contributed by atoms with Gasteiger partial charge in [-0.25, -0.2) is 4.39 Å². The van der Waals surface area contributed by atoms with E-state index in [9.17, 15) is 4.39 Å². The van der Waals surface area contributed by atoms with E-state index in [1.165, 1.54) is 6.07 Å². The second kappa shape index (κ2) is 4.94. The van der Waals surface area contributed by atoms with Gasteiger partial charge in [-0.05, 0) is 29.8 Å². The smallest absolute Gasteiger partial charge is 0.147 e. The molecule has 0 saturated heterocycles. The van der Waals surface area contributed by atoms with Crippen LogP contribution in [0.4, 0.5) is 10.1 Å². The van der Waals surface area contributed by atoms with Gasteiger partial charge >= 0.3 is 0 Å². The zero-order valence-corrected chi connectivity index (χ0v) is 9.21. The van der Waals surface area contributed by atoms with Crippen LogP contribution in [0.5, 0.6) is 0 Å². The number of hydrogen-bond donors (Lipinski definition) is 1. The van der Waals surface area contributed by atoms with E-state index < -0.39 is 0 Å². The van der Waals surface area contributed by atoms with Crippen LogP contribution in [-0.2, 0) is 6.54 Å². The van der Waals surface area contributed by atoms with Gasteiger partial charge in [0.15, 0.2) is 0 Å². The van der Waals surface area contributed by atoms with Gasteiger partial charge in [0.25, 0.3) is 0 Å². The Morgan fingerprint density at radius 2 is 2.19 bits per heavy atom. The lowest BCUT2D eigenvalue weighted by Crippen LogP contribution is -2.01. The van der Waals surface area contributed by atoms with Gasteiger partial charge in [0.05, 0.1) is 5.69 Å². The molecule has 0 bridgehead atoms. The van der Waals surface area contributed by atoms with E-state index >= 15 is 0 Å². The first kappa shape index (κ1) is 10.9. The summed E-state index contributed by atoms with van der Waals surface area (Å²) in [4.78, 5) is 3.98. The van der Waals surface area contributed by atoms with Crippen LogP contribution in [0.25, 0.3) is 0 Å². The topological polar surface area (TPSA) is 24.9 Å². The van der Waals surface area contributed by atoms with Crippen molar-refractivity contribution in [1.82, 2.24) is 4.98 Å². The minimum Gasteiger partial charge on any atom is -0.379 e. The summed E-state index contributed by atoms with van der Waals surface area (Å²) in [6.07, 6.45) is 3.44. The predicted octanol–water partition coefficient (Wildman–Crippen LogP) is 3.49. The molecule has 0 radical (unpaired) electrons. The van der Waals surface area contributed by atoms with Gasteiger partial charge in [0.1, 0.15) is 5.82 Å². The zero-order chi connectivity index (χ0) is 11.4. The van der Waals surface area contributed by atoms with Crippen molar-refractivity contribution in [3.63, 3.8) is 0 Å². The summed E-state index contributed by atoms with van der Waals surface area (Å²) in [6, 6.07) is 8.32. The fourth-order valence-corrected chi connectivity index (χ4v) is 1.49. The predicted molar refractivity (Wildman–Crippen MR) is 63.0 cm³/mol. The summed E-state index contributed by atoms with van der Waals surface area (Å²) in [7, 11) is 0. The fourth-order valence-electron chi connectivity index (χ4n) is 1.33. The molecule has 1 aromatic carbocycles. The van der Waals surface area contributed by atoms with Gasteiger partial charge in [-0.1, -0.05) is 17.7 Å². The molecule has 4 heteroatoms.